The Morgan fingerprint density at radius 2 is 2.23 bits per heavy atom. The van der Waals surface area contributed by atoms with E-state index >= 15 is 0 Å². The van der Waals surface area contributed by atoms with Gasteiger partial charge in [-0.25, -0.2) is 4.79 Å². The predicted molar refractivity (Wildman–Crippen MR) is 100 cm³/mol. The summed E-state index contributed by atoms with van der Waals surface area (Å²) in [4.78, 5) is 15.5. The maximum absolute atomic E-state index is 11.8. The summed E-state index contributed by atoms with van der Waals surface area (Å²) >= 11 is 0. The highest BCUT2D eigenvalue weighted by Gasteiger charge is 2.28. The summed E-state index contributed by atoms with van der Waals surface area (Å²) in [5, 5.41) is 0. The standard InChI is InChI=1S/C17H19N3O4.C2H6/c1-12(13-6-4-2-3-5-7-13)22-11-16-23-10-15(24-16)20-9-8-14(18)19-17(20)21;1-2/h2-6,8-9,15-16H,1,7,10-11H2,(H2,18,19,21);1-2H3. The first-order chi connectivity index (χ1) is 12.6. The van der Waals surface area contributed by atoms with Crippen LogP contribution in [0.25, 0.3) is 0 Å². The van der Waals surface area contributed by atoms with Crippen LogP contribution < -0.4 is 11.4 Å². The summed E-state index contributed by atoms with van der Waals surface area (Å²) in [7, 11) is 0. The van der Waals surface area contributed by atoms with Crippen LogP contribution in [0.1, 0.15) is 26.5 Å². The number of allylic oxidation sites excluding steroid dienone is 6. The molecule has 2 unspecified atom stereocenters. The van der Waals surface area contributed by atoms with Crippen LogP contribution in [-0.2, 0) is 14.2 Å². The molecule has 2 heterocycles. The van der Waals surface area contributed by atoms with Crippen LogP contribution in [0.15, 0.2) is 65.3 Å². The first-order valence-corrected chi connectivity index (χ1v) is 8.59. The summed E-state index contributed by atoms with van der Waals surface area (Å²) < 4.78 is 18.2. The number of nitrogens with two attached hydrogens (primary N) is 1. The molecule has 2 aliphatic rings. The lowest BCUT2D eigenvalue weighted by Gasteiger charge is -2.16. The molecule has 140 valence electrons. The number of nitrogen functional groups attached to an aromatic ring is 1. The van der Waals surface area contributed by atoms with Crippen LogP contribution in [0, 0.1) is 0 Å². The van der Waals surface area contributed by atoms with Gasteiger partial charge in [0.1, 0.15) is 18.2 Å². The predicted octanol–water partition coefficient (Wildman–Crippen LogP) is 2.70. The number of ether oxygens (including phenoxy) is 3. The van der Waals surface area contributed by atoms with Crippen molar-refractivity contribution in [3.8, 4) is 0 Å². The fourth-order valence-electron chi connectivity index (χ4n) is 2.37. The zero-order valence-corrected chi connectivity index (χ0v) is 15.1. The summed E-state index contributed by atoms with van der Waals surface area (Å²) in [5.74, 6) is 0.749. The molecule has 1 fully saturated rings. The van der Waals surface area contributed by atoms with Gasteiger partial charge in [-0.1, -0.05) is 50.8 Å². The van der Waals surface area contributed by atoms with E-state index in [1.165, 1.54) is 16.8 Å². The van der Waals surface area contributed by atoms with Crippen LogP contribution in [0.2, 0.25) is 0 Å². The minimum Gasteiger partial charge on any atom is -0.489 e. The molecule has 1 aromatic rings. The molecule has 1 aliphatic carbocycles. The maximum Gasteiger partial charge on any atom is 0.351 e. The van der Waals surface area contributed by atoms with Crippen LogP contribution in [0.4, 0.5) is 5.82 Å². The fraction of sp³-hybridized carbons (Fsp3) is 0.368. The van der Waals surface area contributed by atoms with Gasteiger partial charge in [0.2, 0.25) is 0 Å². The molecule has 0 radical (unpaired) electrons. The molecule has 3 rings (SSSR count). The van der Waals surface area contributed by atoms with Gasteiger partial charge in [-0.3, -0.25) is 4.57 Å². The lowest BCUT2D eigenvalue weighted by molar-refractivity contribution is -0.104. The van der Waals surface area contributed by atoms with E-state index in [1.54, 1.807) is 0 Å². The monoisotopic (exact) mass is 359 g/mol. The highest BCUT2D eigenvalue weighted by atomic mass is 16.7. The highest BCUT2D eigenvalue weighted by Crippen LogP contribution is 2.22. The third kappa shape index (κ3) is 5.18. The summed E-state index contributed by atoms with van der Waals surface area (Å²) in [5.41, 5.74) is 5.99. The van der Waals surface area contributed by atoms with E-state index in [2.05, 4.69) is 11.6 Å². The van der Waals surface area contributed by atoms with Crippen LogP contribution in [0.3, 0.4) is 0 Å². The third-order valence-electron chi connectivity index (χ3n) is 3.64. The van der Waals surface area contributed by atoms with Crippen molar-refractivity contribution in [2.75, 3.05) is 18.9 Å². The smallest absolute Gasteiger partial charge is 0.351 e. The van der Waals surface area contributed by atoms with Crippen molar-refractivity contribution in [3.63, 3.8) is 0 Å². The Labute approximate surface area is 153 Å². The molecule has 26 heavy (non-hydrogen) atoms. The molecule has 0 aromatic carbocycles. The number of anilines is 1. The lowest BCUT2D eigenvalue weighted by Crippen LogP contribution is -2.28. The SMILES string of the molecule is C=C(OCC1OCC(n2ccc(N)nc2=O)O1)C1=CC=CC=CC1.CC. The zero-order valence-electron chi connectivity index (χ0n) is 15.1. The average molecular weight is 359 g/mol. The molecule has 2 N–H and O–H groups in total. The molecule has 1 aromatic heterocycles. The molecular formula is C19H25N3O4. The minimum atomic E-state index is -0.575. The molecule has 1 aliphatic heterocycles. The Morgan fingerprint density at radius 1 is 1.42 bits per heavy atom. The first-order valence-electron chi connectivity index (χ1n) is 8.59. The maximum atomic E-state index is 11.8. The van der Waals surface area contributed by atoms with Gasteiger partial charge in [0.25, 0.3) is 0 Å². The molecule has 0 bridgehead atoms. The highest BCUT2D eigenvalue weighted by molar-refractivity contribution is 5.33. The van der Waals surface area contributed by atoms with Gasteiger partial charge in [0, 0.05) is 6.20 Å². The van der Waals surface area contributed by atoms with E-state index in [0.29, 0.717) is 5.76 Å². The van der Waals surface area contributed by atoms with Gasteiger partial charge >= 0.3 is 5.69 Å². The van der Waals surface area contributed by atoms with Crippen molar-refractivity contribution in [3.05, 3.63) is 71.0 Å². The zero-order chi connectivity index (χ0) is 18.9. The number of hydrogen-bond acceptors (Lipinski definition) is 6. The number of rotatable bonds is 5. The van der Waals surface area contributed by atoms with Gasteiger partial charge in [0.05, 0.1) is 6.61 Å². The van der Waals surface area contributed by atoms with E-state index in [9.17, 15) is 4.79 Å². The van der Waals surface area contributed by atoms with E-state index < -0.39 is 18.2 Å². The van der Waals surface area contributed by atoms with E-state index in [1.807, 2.05) is 44.2 Å². The Bertz CT molecular complexity index is 764. The molecule has 0 spiro atoms. The number of aromatic nitrogens is 2. The molecular weight excluding hydrogens is 334 g/mol. The normalized spacial score (nSPS) is 21.4. The van der Waals surface area contributed by atoms with Crippen LogP contribution in [0.5, 0.6) is 0 Å². The van der Waals surface area contributed by atoms with Gasteiger partial charge in [-0.05, 0) is 18.1 Å². The van der Waals surface area contributed by atoms with Crippen molar-refractivity contribution in [2.24, 2.45) is 0 Å². The largest absolute Gasteiger partial charge is 0.489 e. The minimum absolute atomic E-state index is 0.172. The average Bonchev–Trinajstić information content (AvgIpc) is 2.94. The molecule has 0 saturated carbocycles. The van der Waals surface area contributed by atoms with Gasteiger partial charge < -0.3 is 19.9 Å². The van der Waals surface area contributed by atoms with Crippen molar-refractivity contribution in [2.45, 2.75) is 32.8 Å². The topological polar surface area (TPSA) is 88.6 Å². The summed E-state index contributed by atoms with van der Waals surface area (Å²) in [6, 6.07) is 1.54. The van der Waals surface area contributed by atoms with Crippen molar-refractivity contribution in [1.82, 2.24) is 9.55 Å². The van der Waals surface area contributed by atoms with Crippen molar-refractivity contribution >= 4 is 5.82 Å². The van der Waals surface area contributed by atoms with Gasteiger partial charge in [-0.2, -0.15) is 4.98 Å². The van der Waals surface area contributed by atoms with Crippen molar-refractivity contribution in [1.29, 1.82) is 0 Å². The number of hydrogen-bond donors (Lipinski definition) is 1. The molecule has 0 amide bonds. The van der Waals surface area contributed by atoms with E-state index in [0.717, 1.165) is 12.0 Å². The summed E-state index contributed by atoms with van der Waals surface area (Å²) in [6.07, 6.45) is 11.0. The molecule has 1 saturated heterocycles. The molecule has 7 heteroatoms. The van der Waals surface area contributed by atoms with Crippen molar-refractivity contribution < 1.29 is 14.2 Å². The van der Waals surface area contributed by atoms with Crippen LogP contribution >= 0.6 is 0 Å². The first kappa shape index (κ1) is 19.7. The second-order valence-corrected chi connectivity index (χ2v) is 5.34. The Hall–Kier alpha value is -2.64. The van der Waals surface area contributed by atoms with Gasteiger partial charge in [0.15, 0.2) is 12.5 Å². The summed E-state index contributed by atoms with van der Waals surface area (Å²) in [6.45, 7) is 8.36. The lowest BCUT2D eigenvalue weighted by atomic mass is 10.1. The van der Waals surface area contributed by atoms with Crippen LogP contribution in [-0.4, -0.2) is 29.1 Å². The van der Waals surface area contributed by atoms with Gasteiger partial charge in [-0.15, -0.1) is 0 Å². The Kier molecular flexibility index (Phi) is 7.37. The number of nitrogens with zero attached hydrogens (tertiary/aromatic N) is 2. The Balaban J connectivity index is 0.00000117. The second-order valence-electron chi connectivity index (χ2n) is 5.34. The fourth-order valence-corrected chi connectivity index (χ4v) is 2.37. The van der Waals surface area contributed by atoms with E-state index in [4.69, 9.17) is 19.9 Å². The second kappa shape index (κ2) is 9.74. The Morgan fingerprint density at radius 3 is 3.00 bits per heavy atom. The molecule has 7 nitrogen and oxygen atoms in total. The third-order valence-corrected chi connectivity index (χ3v) is 3.64. The molecule has 2 atom stereocenters. The quantitative estimate of drug-likeness (QED) is 0.813. The van der Waals surface area contributed by atoms with E-state index in [-0.39, 0.29) is 19.0 Å².